The molecule has 2 atom stereocenters. The first-order chi connectivity index (χ1) is 8.21. The van der Waals surface area contributed by atoms with E-state index >= 15 is 0 Å². The van der Waals surface area contributed by atoms with Gasteiger partial charge in [-0.2, -0.15) is 8.42 Å². The Labute approximate surface area is 104 Å². The zero-order valence-corrected chi connectivity index (χ0v) is 10.6. The van der Waals surface area contributed by atoms with Gasteiger partial charge in [-0.05, 0) is 25.1 Å². The summed E-state index contributed by atoms with van der Waals surface area (Å²) in [5.41, 5.74) is -1.11. The van der Waals surface area contributed by atoms with E-state index in [1.54, 1.807) is 6.92 Å². The van der Waals surface area contributed by atoms with E-state index in [-0.39, 0.29) is 12.2 Å². The van der Waals surface area contributed by atoms with E-state index in [9.17, 15) is 17.2 Å². The van der Waals surface area contributed by atoms with E-state index in [1.807, 2.05) is 0 Å². The summed E-state index contributed by atoms with van der Waals surface area (Å²) >= 11 is 0. The third kappa shape index (κ3) is 2.85. The normalized spacial score (nSPS) is 24.9. The van der Waals surface area contributed by atoms with Crippen molar-refractivity contribution >= 4 is 10.1 Å². The van der Waals surface area contributed by atoms with Crippen molar-refractivity contribution in [3.8, 4) is 0 Å². The molecule has 1 heterocycles. The lowest BCUT2D eigenvalue weighted by molar-refractivity contribution is 0.111. The van der Waals surface area contributed by atoms with Gasteiger partial charge >= 0.3 is 0 Å². The lowest BCUT2D eigenvalue weighted by atomic mass is 9.97. The number of benzene rings is 1. The Morgan fingerprint density at radius 2 is 2.06 bits per heavy atom. The predicted molar refractivity (Wildman–Crippen MR) is 59.4 cm³/mol. The number of epoxide rings is 1. The molecule has 1 fully saturated rings. The molecule has 0 bridgehead atoms. The molecule has 2 unspecified atom stereocenters. The molecule has 100 valence electrons. The highest BCUT2D eigenvalue weighted by Gasteiger charge is 2.51. The van der Waals surface area contributed by atoms with Crippen molar-refractivity contribution in [3.63, 3.8) is 0 Å². The minimum Gasteiger partial charge on any atom is -0.367 e. The SMILES string of the molecule is CC1(C(OS(C)(=O)=O)c2cc(F)ccc2F)CO1. The summed E-state index contributed by atoms with van der Waals surface area (Å²) in [5, 5.41) is 0. The van der Waals surface area contributed by atoms with Crippen molar-refractivity contribution < 1.29 is 26.1 Å². The molecule has 7 heteroatoms. The van der Waals surface area contributed by atoms with Gasteiger partial charge in [0.25, 0.3) is 10.1 Å². The van der Waals surface area contributed by atoms with Crippen molar-refractivity contribution in [2.45, 2.75) is 18.6 Å². The maximum absolute atomic E-state index is 13.7. The second-order valence-corrected chi connectivity index (χ2v) is 6.05. The number of hydrogen-bond donors (Lipinski definition) is 0. The van der Waals surface area contributed by atoms with E-state index in [0.717, 1.165) is 24.5 Å². The molecule has 0 radical (unpaired) electrons. The minimum absolute atomic E-state index is 0.166. The number of hydrogen-bond acceptors (Lipinski definition) is 4. The zero-order chi connectivity index (χ0) is 13.6. The van der Waals surface area contributed by atoms with E-state index in [2.05, 4.69) is 0 Å². The van der Waals surface area contributed by atoms with Gasteiger partial charge in [0, 0.05) is 5.56 Å². The standard InChI is InChI=1S/C11H12F2O4S/c1-11(6-16-11)10(17-18(2,14)15)8-5-7(12)3-4-9(8)13/h3-5,10H,6H2,1-2H3. The van der Waals surface area contributed by atoms with Crippen molar-refractivity contribution in [3.05, 3.63) is 35.4 Å². The molecule has 1 aromatic carbocycles. The topological polar surface area (TPSA) is 55.9 Å². The number of halogens is 2. The van der Waals surface area contributed by atoms with Crippen LogP contribution in [0.25, 0.3) is 0 Å². The average molecular weight is 278 g/mol. The summed E-state index contributed by atoms with van der Waals surface area (Å²) in [6, 6.07) is 2.79. The van der Waals surface area contributed by atoms with Crippen LogP contribution in [0.1, 0.15) is 18.6 Å². The largest absolute Gasteiger partial charge is 0.367 e. The van der Waals surface area contributed by atoms with Crippen LogP contribution < -0.4 is 0 Å². The molecule has 1 aliphatic rings. The molecule has 1 aromatic rings. The Kier molecular flexibility index (Phi) is 3.16. The van der Waals surface area contributed by atoms with Gasteiger partial charge in [0.2, 0.25) is 0 Å². The Morgan fingerprint density at radius 1 is 1.44 bits per heavy atom. The Morgan fingerprint density at radius 3 is 2.56 bits per heavy atom. The van der Waals surface area contributed by atoms with Crippen molar-refractivity contribution in [2.75, 3.05) is 12.9 Å². The highest BCUT2D eigenvalue weighted by Crippen LogP contribution is 2.43. The van der Waals surface area contributed by atoms with Gasteiger partial charge in [-0.1, -0.05) is 0 Å². The Balaban J connectivity index is 2.43. The molecule has 0 aromatic heterocycles. The van der Waals surface area contributed by atoms with Crippen LogP contribution in [0, 0.1) is 11.6 Å². The van der Waals surface area contributed by atoms with Crippen LogP contribution in [-0.2, 0) is 19.0 Å². The molecule has 0 aliphatic carbocycles. The van der Waals surface area contributed by atoms with Crippen LogP contribution in [0.5, 0.6) is 0 Å². The molecular weight excluding hydrogens is 266 g/mol. The first-order valence-electron chi connectivity index (χ1n) is 5.18. The summed E-state index contributed by atoms with van der Waals surface area (Å²) in [6.07, 6.45) is -0.341. The van der Waals surface area contributed by atoms with Crippen molar-refractivity contribution in [1.82, 2.24) is 0 Å². The lowest BCUT2D eigenvalue weighted by Gasteiger charge is -2.21. The van der Waals surface area contributed by atoms with Crippen LogP contribution >= 0.6 is 0 Å². The van der Waals surface area contributed by atoms with Gasteiger partial charge in [0.1, 0.15) is 23.3 Å². The second kappa shape index (κ2) is 4.25. The molecule has 1 saturated heterocycles. The summed E-state index contributed by atoms with van der Waals surface area (Å²) in [5.74, 6) is -1.40. The van der Waals surface area contributed by atoms with E-state index in [1.165, 1.54) is 0 Å². The fourth-order valence-corrected chi connectivity index (χ4v) is 2.29. The molecule has 18 heavy (non-hydrogen) atoms. The fraction of sp³-hybridized carbons (Fsp3) is 0.455. The highest BCUT2D eigenvalue weighted by atomic mass is 32.2. The van der Waals surface area contributed by atoms with Crippen molar-refractivity contribution in [2.24, 2.45) is 0 Å². The number of ether oxygens (including phenoxy) is 1. The van der Waals surface area contributed by atoms with Crippen LogP contribution in [0.2, 0.25) is 0 Å². The summed E-state index contributed by atoms with van der Waals surface area (Å²) in [7, 11) is -3.81. The van der Waals surface area contributed by atoms with Gasteiger partial charge < -0.3 is 4.74 Å². The van der Waals surface area contributed by atoms with Gasteiger partial charge in [-0.15, -0.1) is 0 Å². The molecule has 0 amide bonds. The van der Waals surface area contributed by atoms with Crippen LogP contribution in [-0.4, -0.2) is 26.9 Å². The predicted octanol–water partition coefficient (Wildman–Crippen LogP) is 1.77. The van der Waals surface area contributed by atoms with Crippen LogP contribution in [0.4, 0.5) is 8.78 Å². The molecule has 2 rings (SSSR count). The van der Waals surface area contributed by atoms with Gasteiger partial charge in [-0.3, -0.25) is 4.18 Å². The Hall–Kier alpha value is -1.05. The third-order valence-corrected chi connectivity index (χ3v) is 3.21. The molecule has 1 aliphatic heterocycles. The zero-order valence-electron chi connectivity index (χ0n) is 9.81. The summed E-state index contributed by atoms with van der Waals surface area (Å²) < 4.78 is 59.1. The smallest absolute Gasteiger partial charge is 0.265 e. The van der Waals surface area contributed by atoms with Crippen LogP contribution in [0.15, 0.2) is 18.2 Å². The maximum atomic E-state index is 13.7. The Bertz CT molecular complexity index is 566. The summed E-state index contributed by atoms with van der Waals surface area (Å²) in [4.78, 5) is 0. The molecular formula is C11H12F2O4S. The van der Waals surface area contributed by atoms with E-state index in [0.29, 0.717) is 0 Å². The van der Waals surface area contributed by atoms with E-state index in [4.69, 9.17) is 8.92 Å². The molecule has 0 saturated carbocycles. The third-order valence-electron chi connectivity index (χ3n) is 2.67. The fourth-order valence-electron chi connectivity index (χ4n) is 1.64. The minimum atomic E-state index is -3.81. The van der Waals surface area contributed by atoms with E-state index < -0.39 is 33.5 Å². The second-order valence-electron chi connectivity index (χ2n) is 4.45. The van der Waals surface area contributed by atoms with Gasteiger partial charge in [0.15, 0.2) is 0 Å². The number of rotatable bonds is 4. The maximum Gasteiger partial charge on any atom is 0.265 e. The monoisotopic (exact) mass is 278 g/mol. The lowest BCUT2D eigenvalue weighted by Crippen LogP contribution is -2.25. The van der Waals surface area contributed by atoms with Gasteiger partial charge in [0.05, 0.1) is 12.9 Å². The van der Waals surface area contributed by atoms with Gasteiger partial charge in [-0.25, -0.2) is 8.78 Å². The highest BCUT2D eigenvalue weighted by molar-refractivity contribution is 7.86. The first kappa shape index (κ1) is 13.4. The van der Waals surface area contributed by atoms with Crippen molar-refractivity contribution in [1.29, 1.82) is 0 Å². The first-order valence-corrected chi connectivity index (χ1v) is 7.00. The van der Waals surface area contributed by atoms with Crippen LogP contribution in [0.3, 0.4) is 0 Å². The molecule has 0 spiro atoms. The molecule has 0 N–H and O–H groups in total. The molecule has 4 nitrogen and oxygen atoms in total. The average Bonchev–Trinajstić information content (AvgIpc) is 2.97. The summed E-state index contributed by atoms with van der Waals surface area (Å²) in [6.45, 7) is 1.80. The quantitative estimate of drug-likeness (QED) is 0.622.